The van der Waals surface area contributed by atoms with E-state index in [1.54, 1.807) is 4.90 Å². The number of carbonyl (C=O) groups excluding carboxylic acids is 2. The molecule has 0 aromatic heterocycles. The van der Waals surface area contributed by atoms with Crippen molar-refractivity contribution in [2.75, 3.05) is 39.0 Å². The number of hydrogen-bond acceptors (Lipinski definition) is 4. The Balaban J connectivity index is 1.74. The molecule has 1 aromatic rings. The summed E-state index contributed by atoms with van der Waals surface area (Å²) in [6, 6.07) is 9.29. The van der Waals surface area contributed by atoms with Crippen LogP contribution in [0.5, 0.6) is 0 Å². The highest BCUT2D eigenvalue weighted by Crippen LogP contribution is 2.06. The summed E-state index contributed by atoms with van der Waals surface area (Å²) in [4.78, 5) is 25.4. The standard InChI is InChI=1S/C15H21N3O4S/c1-23(21,22)18-9-7-17(8-10-18)15(20)12-16-14(19)11-13-5-3-2-4-6-13/h2-6H,7-12H2,1H3,(H,16,19). The molecule has 8 heteroatoms. The molecule has 0 atom stereocenters. The quantitative estimate of drug-likeness (QED) is 0.780. The van der Waals surface area contributed by atoms with E-state index in [0.29, 0.717) is 26.2 Å². The van der Waals surface area contributed by atoms with Gasteiger partial charge in [0.25, 0.3) is 0 Å². The van der Waals surface area contributed by atoms with Crippen LogP contribution in [-0.4, -0.2) is 68.4 Å². The highest BCUT2D eigenvalue weighted by atomic mass is 32.2. The summed E-state index contributed by atoms with van der Waals surface area (Å²) >= 11 is 0. The Labute approximate surface area is 136 Å². The topological polar surface area (TPSA) is 86.8 Å². The fourth-order valence-corrected chi connectivity index (χ4v) is 3.23. The molecule has 1 aliphatic heterocycles. The van der Waals surface area contributed by atoms with E-state index in [9.17, 15) is 18.0 Å². The number of piperazine rings is 1. The molecule has 0 spiro atoms. The summed E-state index contributed by atoms with van der Waals surface area (Å²) in [5.41, 5.74) is 0.888. The second-order valence-electron chi connectivity index (χ2n) is 5.48. The summed E-state index contributed by atoms with van der Waals surface area (Å²) in [5, 5.41) is 2.61. The lowest BCUT2D eigenvalue weighted by atomic mass is 10.1. The summed E-state index contributed by atoms with van der Waals surface area (Å²) in [5.74, 6) is -0.404. The van der Waals surface area contributed by atoms with Crippen molar-refractivity contribution in [2.24, 2.45) is 0 Å². The molecule has 7 nitrogen and oxygen atoms in total. The Kier molecular flexibility index (Phi) is 5.73. The molecule has 2 rings (SSSR count). The van der Waals surface area contributed by atoms with Gasteiger partial charge in [-0.15, -0.1) is 0 Å². The van der Waals surface area contributed by atoms with E-state index in [0.717, 1.165) is 11.8 Å². The van der Waals surface area contributed by atoms with Gasteiger partial charge in [-0.25, -0.2) is 8.42 Å². The van der Waals surface area contributed by atoms with Gasteiger partial charge in [0.1, 0.15) is 0 Å². The monoisotopic (exact) mass is 339 g/mol. The molecule has 1 N–H and O–H groups in total. The summed E-state index contributed by atoms with van der Waals surface area (Å²) in [6.07, 6.45) is 1.39. The maximum absolute atomic E-state index is 12.1. The third-order valence-corrected chi connectivity index (χ3v) is 5.01. The van der Waals surface area contributed by atoms with Crippen LogP contribution in [0, 0.1) is 0 Å². The van der Waals surface area contributed by atoms with E-state index in [4.69, 9.17) is 0 Å². The van der Waals surface area contributed by atoms with E-state index in [-0.39, 0.29) is 24.8 Å². The maximum atomic E-state index is 12.1. The van der Waals surface area contributed by atoms with Crippen molar-refractivity contribution < 1.29 is 18.0 Å². The van der Waals surface area contributed by atoms with E-state index >= 15 is 0 Å². The van der Waals surface area contributed by atoms with Gasteiger partial charge < -0.3 is 10.2 Å². The number of nitrogens with one attached hydrogen (secondary N) is 1. The third kappa shape index (κ3) is 5.33. The molecule has 0 aliphatic carbocycles. The predicted octanol–water partition coefficient (Wildman–Crippen LogP) is -0.551. The van der Waals surface area contributed by atoms with Gasteiger partial charge in [-0.2, -0.15) is 4.31 Å². The lowest BCUT2D eigenvalue weighted by Crippen LogP contribution is -2.52. The Hall–Kier alpha value is -1.93. The van der Waals surface area contributed by atoms with E-state index in [2.05, 4.69) is 5.32 Å². The lowest BCUT2D eigenvalue weighted by molar-refractivity contribution is -0.133. The number of rotatable bonds is 5. The average molecular weight is 339 g/mol. The lowest BCUT2D eigenvalue weighted by Gasteiger charge is -2.33. The summed E-state index contributed by atoms with van der Waals surface area (Å²) in [7, 11) is -3.21. The predicted molar refractivity (Wildman–Crippen MR) is 86.2 cm³/mol. The summed E-state index contributed by atoms with van der Waals surface area (Å²) in [6.45, 7) is 1.22. The Morgan fingerprint density at radius 1 is 1.09 bits per heavy atom. The van der Waals surface area contributed by atoms with Crippen molar-refractivity contribution >= 4 is 21.8 Å². The van der Waals surface area contributed by atoms with E-state index in [1.165, 1.54) is 4.31 Å². The molecule has 0 saturated carbocycles. The van der Waals surface area contributed by atoms with Crippen molar-refractivity contribution in [3.63, 3.8) is 0 Å². The van der Waals surface area contributed by atoms with Crippen LogP contribution in [0.2, 0.25) is 0 Å². The molecule has 1 heterocycles. The number of carbonyl (C=O) groups is 2. The normalized spacial score (nSPS) is 16.1. The smallest absolute Gasteiger partial charge is 0.242 e. The first-order valence-corrected chi connectivity index (χ1v) is 9.24. The van der Waals surface area contributed by atoms with Gasteiger partial charge in [0.05, 0.1) is 19.2 Å². The van der Waals surface area contributed by atoms with Gasteiger partial charge in [-0.3, -0.25) is 9.59 Å². The molecule has 1 aromatic carbocycles. The highest BCUT2D eigenvalue weighted by Gasteiger charge is 2.25. The molecule has 1 fully saturated rings. The number of benzene rings is 1. The molecule has 0 radical (unpaired) electrons. The molecule has 1 saturated heterocycles. The second-order valence-corrected chi connectivity index (χ2v) is 7.46. The highest BCUT2D eigenvalue weighted by molar-refractivity contribution is 7.88. The van der Waals surface area contributed by atoms with E-state index in [1.807, 2.05) is 30.3 Å². The zero-order valence-corrected chi connectivity index (χ0v) is 13.9. The molecular formula is C15H21N3O4S. The summed E-state index contributed by atoms with van der Waals surface area (Å²) < 4.78 is 24.2. The molecule has 0 unspecified atom stereocenters. The SMILES string of the molecule is CS(=O)(=O)N1CCN(C(=O)CNC(=O)Cc2ccccc2)CC1. The fourth-order valence-electron chi connectivity index (χ4n) is 2.40. The fraction of sp³-hybridized carbons (Fsp3) is 0.467. The van der Waals surface area contributed by atoms with Gasteiger partial charge in [-0.05, 0) is 5.56 Å². The van der Waals surface area contributed by atoms with Gasteiger partial charge >= 0.3 is 0 Å². The Morgan fingerprint density at radius 3 is 2.26 bits per heavy atom. The van der Waals surface area contributed by atoms with Crippen molar-refractivity contribution in [1.29, 1.82) is 0 Å². The minimum atomic E-state index is -3.21. The van der Waals surface area contributed by atoms with Crippen molar-refractivity contribution in [2.45, 2.75) is 6.42 Å². The Bertz CT molecular complexity index is 653. The molecule has 0 bridgehead atoms. The first-order valence-electron chi connectivity index (χ1n) is 7.40. The number of nitrogens with zero attached hydrogens (tertiary/aromatic N) is 2. The van der Waals surface area contributed by atoms with Crippen LogP contribution in [-0.2, 0) is 26.0 Å². The Morgan fingerprint density at radius 2 is 1.70 bits per heavy atom. The van der Waals surface area contributed by atoms with Crippen LogP contribution in [0.25, 0.3) is 0 Å². The zero-order valence-electron chi connectivity index (χ0n) is 13.1. The molecule has 126 valence electrons. The maximum Gasteiger partial charge on any atom is 0.242 e. The minimum Gasteiger partial charge on any atom is -0.347 e. The van der Waals surface area contributed by atoms with Crippen LogP contribution in [0.3, 0.4) is 0 Å². The van der Waals surface area contributed by atoms with Crippen molar-refractivity contribution in [3.8, 4) is 0 Å². The molecule has 23 heavy (non-hydrogen) atoms. The van der Waals surface area contributed by atoms with E-state index < -0.39 is 10.0 Å². The van der Waals surface area contributed by atoms with Gasteiger partial charge in [0, 0.05) is 26.2 Å². The van der Waals surface area contributed by atoms with Crippen LogP contribution >= 0.6 is 0 Å². The van der Waals surface area contributed by atoms with Crippen LogP contribution in [0.15, 0.2) is 30.3 Å². The largest absolute Gasteiger partial charge is 0.347 e. The average Bonchev–Trinajstić information content (AvgIpc) is 2.53. The number of amides is 2. The van der Waals surface area contributed by atoms with Gasteiger partial charge in [0.15, 0.2) is 0 Å². The molecule has 1 aliphatic rings. The molecular weight excluding hydrogens is 318 g/mol. The second kappa shape index (κ2) is 7.56. The van der Waals surface area contributed by atoms with Crippen LogP contribution in [0.4, 0.5) is 0 Å². The van der Waals surface area contributed by atoms with Crippen molar-refractivity contribution in [3.05, 3.63) is 35.9 Å². The van der Waals surface area contributed by atoms with Crippen LogP contribution in [0.1, 0.15) is 5.56 Å². The number of hydrogen-bond donors (Lipinski definition) is 1. The molecule has 2 amide bonds. The van der Waals surface area contributed by atoms with Gasteiger partial charge in [-0.1, -0.05) is 30.3 Å². The van der Waals surface area contributed by atoms with Gasteiger partial charge in [0.2, 0.25) is 21.8 Å². The first-order chi connectivity index (χ1) is 10.9. The first kappa shape index (κ1) is 17.4. The number of sulfonamides is 1. The van der Waals surface area contributed by atoms with Crippen molar-refractivity contribution in [1.82, 2.24) is 14.5 Å². The van der Waals surface area contributed by atoms with Crippen LogP contribution < -0.4 is 5.32 Å². The third-order valence-electron chi connectivity index (χ3n) is 3.70. The zero-order chi connectivity index (χ0) is 16.9. The minimum absolute atomic E-state index is 0.0649.